The Morgan fingerprint density at radius 1 is 1.02 bits per heavy atom. The average Bonchev–Trinajstić information content (AvgIpc) is 3.39. The highest BCUT2D eigenvalue weighted by Gasteiger charge is 2.47. The van der Waals surface area contributed by atoms with Crippen LogP contribution in [0.2, 0.25) is 0 Å². The molecule has 1 aliphatic heterocycles. The second-order valence-corrected chi connectivity index (χ2v) is 8.69. The minimum Gasteiger partial charge on any atom is -0.416 e. The highest BCUT2D eigenvalue weighted by atomic mass is 19.4. The number of hydrogen-bond acceptors (Lipinski definition) is 9. The van der Waals surface area contributed by atoms with Gasteiger partial charge in [0.05, 0.1) is 11.8 Å². The summed E-state index contributed by atoms with van der Waals surface area (Å²) in [7, 11) is 3.03. The lowest BCUT2D eigenvalue weighted by molar-refractivity contribution is -0.292. The van der Waals surface area contributed by atoms with Crippen LogP contribution in [0.3, 0.4) is 0 Å². The molecule has 40 heavy (non-hydrogen) atoms. The maximum atomic E-state index is 12.6. The molecule has 4 rings (SSSR count). The number of nitrogens with zero attached hydrogens (tertiary/aromatic N) is 3. The zero-order chi connectivity index (χ0) is 28.9. The lowest BCUT2D eigenvalue weighted by Crippen LogP contribution is -2.60. The third-order valence-electron chi connectivity index (χ3n) is 6.07. The number of carbonyl (C=O) groups excluding carboxylic acids is 1. The van der Waals surface area contributed by atoms with E-state index in [0.717, 1.165) is 0 Å². The Morgan fingerprint density at radius 2 is 1.70 bits per heavy atom. The van der Waals surface area contributed by atoms with Crippen LogP contribution in [0.4, 0.5) is 23.7 Å². The Bertz CT molecular complexity index is 1250. The van der Waals surface area contributed by atoms with E-state index in [9.17, 15) is 18.0 Å². The highest BCUT2D eigenvalue weighted by molar-refractivity contribution is 5.85. The molecule has 0 spiro atoms. The molecule has 1 aromatic heterocycles. The molecule has 2 heterocycles. The highest BCUT2D eigenvalue weighted by Crippen LogP contribution is 2.29. The van der Waals surface area contributed by atoms with Gasteiger partial charge in [0.25, 0.3) is 0 Å². The fourth-order valence-corrected chi connectivity index (χ4v) is 4.30. The lowest BCUT2D eigenvalue weighted by Gasteiger charge is -2.43. The number of rotatable bonds is 9. The molecule has 0 aliphatic carbocycles. The third-order valence-corrected chi connectivity index (χ3v) is 6.07. The number of ether oxygens (including phenoxy) is 6. The molecule has 5 atom stereocenters. The Labute approximate surface area is 228 Å². The van der Waals surface area contributed by atoms with Gasteiger partial charge in [-0.25, -0.2) is 14.5 Å². The van der Waals surface area contributed by atoms with E-state index in [-0.39, 0.29) is 5.75 Å². The van der Waals surface area contributed by atoms with Crippen molar-refractivity contribution in [2.45, 2.75) is 50.9 Å². The standard InChI is InChI=1S/C26H29F3N4O7/c1-5-37-21-20(35-3)15(2)38-24(22(21)36-4)39-25(34)31-17-8-6-16(7-9-17)23-30-14-33(32-23)18-10-12-19(13-11-18)40-26(27,28)29/h6-15,20-22,24H,5H2,1-4H3,(H,31,34)/t15-,20-,21+,22+,24-/m0/s1. The Kier molecular flexibility index (Phi) is 9.25. The molecular formula is C26H29F3N4O7. The van der Waals surface area contributed by atoms with Crippen molar-refractivity contribution in [2.24, 2.45) is 0 Å². The minimum atomic E-state index is -4.77. The summed E-state index contributed by atoms with van der Waals surface area (Å²) in [5.74, 6) is 0.0284. The summed E-state index contributed by atoms with van der Waals surface area (Å²) in [6.07, 6.45) is -7.14. The van der Waals surface area contributed by atoms with Crippen LogP contribution in [-0.2, 0) is 23.7 Å². The van der Waals surface area contributed by atoms with Crippen molar-refractivity contribution < 1.29 is 46.4 Å². The first-order valence-corrected chi connectivity index (χ1v) is 12.3. The molecule has 0 unspecified atom stereocenters. The third kappa shape index (κ3) is 7.07. The molecule has 0 saturated carbocycles. The first-order chi connectivity index (χ1) is 19.1. The summed E-state index contributed by atoms with van der Waals surface area (Å²) >= 11 is 0. The van der Waals surface area contributed by atoms with E-state index in [0.29, 0.717) is 29.4 Å². The topological polar surface area (TPSA) is 115 Å². The fraction of sp³-hybridized carbons (Fsp3) is 0.423. The van der Waals surface area contributed by atoms with Gasteiger partial charge in [-0.3, -0.25) is 5.32 Å². The van der Waals surface area contributed by atoms with Crippen molar-refractivity contribution in [3.63, 3.8) is 0 Å². The van der Waals surface area contributed by atoms with Gasteiger partial charge in [-0.1, -0.05) is 0 Å². The largest absolute Gasteiger partial charge is 0.573 e. The van der Waals surface area contributed by atoms with E-state index >= 15 is 0 Å². The van der Waals surface area contributed by atoms with Crippen LogP contribution in [0.15, 0.2) is 54.9 Å². The second-order valence-electron chi connectivity index (χ2n) is 8.69. The normalized spacial score (nSPS) is 23.0. The monoisotopic (exact) mass is 566 g/mol. The van der Waals surface area contributed by atoms with Crippen LogP contribution in [0.5, 0.6) is 5.75 Å². The Morgan fingerprint density at radius 3 is 2.30 bits per heavy atom. The molecular weight excluding hydrogens is 537 g/mol. The van der Waals surface area contributed by atoms with Crippen molar-refractivity contribution in [3.05, 3.63) is 54.9 Å². The molecule has 14 heteroatoms. The van der Waals surface area contributed by atoms with Gasteiger partial charge in [-0.2, -0.15) is 0 Å². The molecule has 216 valence electrons. The SMILES string of the molecule is CCO[C@@H]1[C@@H](OC)[C@H](C)O[C@@H](OC(=O)Nc2ccc(-c3ncn(-c4ccc(OC(F)(F)F)cc4)n3)cc2)[C@@H]1OC. The Balaban J connectivity index is 1.37. The van der Waals surface area contributed by atoms with E-state index in [2.05, 4.69) is 20.1 Å². The number of carbonyl (C=O) groups is 1. The van der Waals surface area contributed by atoms with Crippen molar-refractivity contribution >= 4 is 11.8 Å². The molecule has 1 amide bonds. The number of aromatic nitrogens is 3. The quantitative estimate of drug-likeness (QED) is 0.398. The Hall–Kier alpha value is -3.72. The number of amides is 1. The molecule has 1 aliphatic rings. The van der Waals surface area contributed by atoms with Crippen LogP contribution in [-0.4, -0.2) is 78.8 Å². The van der Waals surface area contributed by atoms with Gasteiger partial charge in [0, 0.05) is 32.1 Å². The van der Waals surface area contributed by atoms with E-state index in [1.54, 1.807) is 38.3 Å². The maximum absolute atomic E-state index is 12.6. The van der Waals surface area contributed by atoms with Crippen LogP contribution < -0.4 is 10.1 Å². The average molecular weight is 567 g/mol. The van der Waals surface area contributed by atoms with Gasteiger partial charge in [0.2, 0.25) is 6.29 Å². The summed E-state index contributed by atoms with van der Waals surface area (Å²) in [5.41, 5.74) is 1.58. The van der Waals surface area contributed by atoms with E-state index in [4.69, 9.17) is 23.7 Å². The van der Waals surface area contributed by atoms with Gasteiger partial charge >= 0.3 is 12.5 Å². The van der Waals surface area contributed by atoms with E-state index in [1.165, 1.54) is 42.4 Å². The van der Waals surface area contributed by atoms with Crippen molar-refractivity contribution in [2.75, 3.05) is 26.1 Å². The number of anilines is 1. The summed E-state index contributed by atoms with van der Waals surface area (Å²) < 4.78 is 70.6. The maximum Gasteiger partial charge on any atom is 0.573 e. The van der Waals surface area contributed by atoms with Crippen LogP contribution >= 0.6 is 0 Å². The number of benzene rings is 2. The van der Waals surface area contributed by atoms with Gasteiger partial charge < -0.3 is 28.4 Å². The summed E-state index contributed by atoms with van der Waals surface area (Å²) in [6, 6.07) is 11.9. The summed E-state index contributed by atoms with van der Waals surface area (Å²) in [5, 5.41) is 7.01. The van der Waals surface area contributed by atoms with Gasteiger partial charge in [0.1, 0.15) is 30.4 Å². The molecule has 1 N–H and O–H groups in total. The smallest absolute Gasteiger partial charge is 0.416 e. The number of methoxy groups -OCH3 is 2. The van der Waals surface area contributed by atoms with Crippen molar-refractivity contribution in [1.29, 1.82) is 0 Å². The molecule has 0 radical (unpaired) electrons. The zero-order valence-corrected chi connectivity index (χ0v) is 22.1. The van der Waals surface area contributed by atoms with Gasteiger partial charge in [0.15, 0.2) is 5.82 Å². The fourth-order valence-electron chi connectivity index (χ4n) is 4.30. The molecule has 2 aromatic carbocycles. The van der Waals surface area contributed by atoms with Crippen molar-refractivity contribution in [1.82, 2.24) is 14.8 Å². The molecule has 0 bridgehead atoms. The number of nitrogens with one attached hydrogen (secondary N) is 1. The van der Waals surface area contributed by atoms with E-state index in [1.807, 2.05) is 6.92 Å². The summed E-state index contributed by atoms with van der Waals surface area (Å²) in [4.78, 5) is 16.9. The molecule has 1 fully saturated rings. The first-order valence-electron chi connectivity index (χ1n) is 12.3. The number of alkyl halides is 3. The predicted molar refractivity (Wildman–Crippen MR) is 135 cm³/mol. The zero-order valence-electron chi connectivity index (χ0n) is 22.1. The van der Waals surface area contributed by atoms with Gasteiger partial charge in [-0.05, 0) is 62.4 Å². The van der Waals surface area contributed by atoms with E-state index < -0.39 is 43.2 Å². The second kappa shape index (κ2) is 12.6. The molecule has 11 nitrogen and oxygen atoms in total. The van der Waals surface area contributed by atoms with Crippen LogP contribution in [0, 0.1) is 0 Å². The molecule has 3 aromatic rings. The predicted octanol–water partition coefficient (Wildman–Crippen LogP) is 4.56. The number of halogens is 3. The minimum absolute atomic E-state index is 0.339. The van der Waals surface area contributed by atoms with Crippen LogP contribution in [0.1, 0.15) is 13.8 Å². The molecule has 1 saturated heterocycles. The summed E-state index contributed by atoms with van der Waals surface area (Å²) in [6.45, 7) is 4.06. The van der Waals surface area contributed by atoms with Crippen LogP contribution in [0.25, 0.3) is 17.1 Å². The lowest BCUT2D eigenvalue weighted by atomic mass is 9.99. The van der Waals surface area contributed by atoms with Crippen molar-refractivity contribution in [3.8, 4) is 22.8 Å². The number of hydrogen-bond donors (Lipinski definition) is 1. The first kappa shape index (κ1) is 29.3. The van der Waals surface area contributed by atoms with Gasteiger partial charge in [-0.15, -0.1) is 18.3 Å².